The molecule has 0 aliphatic heterocycles. The molecule has 0 atom stereocenters. The molecule has 0 heterocycles. The fourth-order valence-corrected chi connectivity index (χ4v) is 1.12. The summed E-state index contributed by atoms with van der Waals surface area (Å²) in [7, 11) is 1.40. The van der Waals surface area contributed by atoms with Crippen LogP contribution in [0.25, 0.3) is 0 Å². The molecule has 0 aliphatic carbocycles. The summed E-state index contributed by atoms with van der Waals surface area (Å²) in [4.78, 5) is 16.5. The third kappa shape index (κ3) is 2.47. The minimum atomic E-state index is -0.266. The molecule has 1 amide bonds. The molecule has 70 valence electrons. The Morgan fingerprint density at radius 1 is 1.54 bits per heavy atom. The SMILES string of the molecule is CONC(=O)c1ccc(C)c(S)c1. The number of benzene rings is 1. The predicted octanol–water partition coefficient (Wildman–Crippen LogP) is 1.57. The molecule has 3 nitrogen and oxygen atoms in total. The standard InChI is InChI=1S/C9H11NO2S/c1-6-3-4-7(5-8(6)13)9(11)10-12-2/h3-5,13H,1-2H3,(H,10,11). The minimum absolute atomic E-state index is 0.266. The fourth-order valence-electron chi connectivity index (χ4n) is 0.902. The van der Waals surface area contributed by atoms with Gasteiger partial charge < -0.3 is 0 Å². The van der Waals surface area contributed by atoms with E-state index in [1.807, 2.05) is 13.0 Å². The molecular formula is C9H11NO2S. The second kappa shape index (κ2) is 4.30. The molecule has 0 aliphatic rings. The Hall–Kier alpha value is -1.00. The van der Waals surface area contributed by atoms with Crippen molar-refractivity contribution in [3.05, 3.63) is 29.3 Å². The number of carbonyl (C=O) groups is 1. The molecule has 1 aromatic carbocycles. The molecule has 1 N–H and O–H groups in total. The molecule has 0 aromatic heterocycles. The van der Waals surface area contributed by atoms with Gasteiger partial charge in [-0.1, -0.05) is 6.07 Å². The molecule has 0 spiro atoms. The quantitative estimate of drug-likeness (QED) is 0.558. The molecule has 1 aromatic rings. The normalized spacial score (nSPS) is 9.77. The summed E-state index contributed by atoms with van der Waals surface area (Å²) in [5.41, 5.74) is 3.81. The van der Waals surface area contributed by atoms with Gasteiger partial charge in [-0.25, -0.2) is 5.48 Å². The highest BCUT2D eigenvalue weighted by Crippen LogP contribution is 2.14. The van der Waals surface area contributed by atoms with Crippen molar-refractivity contribution >= 4 is 18.5 Å². The van der Waals surface area contributed by atoms with Gasteiger partial charge in [-0.2, -0.15) is 0 Å². The van der Waals surface area contributed by atoms with E-state index >= 15 is 0 Å². The molecule has 13 heavy (non-hydrogen) atoms. The Balaban J connectivity index is 2.90. The number of thiol groups is 1. The van der Waals surface area contributed by atoms with Crippen LogP contribution in [-0.4, -0.2) is 13.0 Å². The number of hydrogen-bond donors (Lipinski definition) is 2. The zero-order chi connectivity index (χ0) is 9.84. The Morgan fingerprint density at radius 3 is 2.77 bits per heavy atom. The smallest absolute Gasteiger partial charge is 0.274 e. The van der Waals surface area contributed by atoms with Crippen LogP contribution in [0, 0.1) is 6.92 Å². The number of amides is 1. The maximum absolute atomic E-state index is 11.2. The van der Waals surface area contributed by atoms with Crippen molar-refractivity contribution < 1.29 is 9.63 Å². The minimum Gasteiger partial charge on any atom is -0.277 e. The van der Waals surface area contributed by atoms with Gasteiger partial charge in [0.2, 0.25) is 0 Å². The van der Waals surface area contributed by atoms with E-state index in [2.05, 4.69) is 22.9 Å². The van der Waals surface area contributed by atoms with Crippen LogP contribution in [-0.2, 0) is 4.84 Å². The third-order valence-corrected chi connectivity index (χ3v) is 2.15. The van der Waals surface area contributed by atoms with E-state index in [4.69, 9.17) is 0 Å². The molecule has 0 unspecified atom stereocenters. The van der Waals surface area contributed by atoms with Crippen molar-refractivity contribution in [2.24, 2.45) is 0 Å². The van der Waals surface area contributed by atoms with Crippen LogP contribution in [0.3, 0.4) is 0 Å². The van der Waals surface area contributed by atoms with Crippen LogP contribution in [0.1, 0.15) is 15.9 Å². The number of nitrogens with one attached hydrogen (secondary N) is 1. The average molecular weight is 197 g/mol. The van der Waals surface area contributed by atoms with Gasteiger partial charge in [0.15, 0.2) is 0 Å². The van der Waals surface area contributed by atoms with Crippen molar-refractivity contribution in [2.45, 2.75) is 11.8 Å². The Bertz CT molecular complexity index is 325. The molecule has 0 saturated carbocycles. The lowest BCUT2D eigenvalue weighted by Crippen LogP contribution is -2.21. The summed E-state index contributed by atoms with van der Waals surface area (Å²) < 4.78 is 0. The molecule has 4 heteroatoms. The Kier molecular flexibility index (Phi) is 3.33. The van der Waals surface area contributed by atoms with Crippen LogP contribution in [0.15, 0.2) is 23.1 Å². The number of hydroxylamine groups is 1. The fraction of sp³-hybridized carbons (Fsp3) is 0.222. The van der Waals surface area contributed by atoms with E-state index in [1.54, 1.807) is 12.1 Å². The van der Waals surface area contributed by atoms with Gasteiger partial charge in [0.1, 0.15) is 0 Å². The zero-order valence-electron chi connectivity index (χ0n) is 7.50. The molecular weight excluding hydrogens is 186 g/mol. The van der Waals surface area contributed by atoms with Crippen molar-refractivity contribution in [1.29, 1.82) is 0 Å². The summed E-state index contributed by atoms with van der Waals surface area (Å²) in [5, 5.41) is 0. The number of carbonyl (C=O) groups excluding carboxylic acids is 1. The van der Waals surface area contributed by atoms with Crippen LogP contribution in [0.2, 0.25) is 0 Å². The maximum atomic E-state index is 11.2. The highest BCUT2D eigenvalue weighted by atomic mass is 32.1. The van der Waals surface area contributed by atoms with Gasteiger partial charge in [-0.3, -0.25) is 9.63 Å². The summed E-state index contributed by atoms with van der Waals surface area (Å²) in [5.74, 6) is -0.266. The lowest BCUT2D eigenvalue weighted by molar-refractivity contribution is 0.0537. The lowest BCUT2D eigenvalue weighted by atomic mass is 10.1. The van der Waals surface area contributed by atoms with Crippen molar-refractivity contribution in [2.75, 3.05) is 7.11 Å². The predicted molar refractivity (Wildman–Crippen MR) is 52.9 cm³/mol. The number of aryl methyl sites for hydroxylation is 1. The first-order chi connectivity index (χ1) is 6.15. The second-order valence-electron chi connectivity index (χ2n) is 2.64. The summed E-state index contributed by atoms with van der Waals surface area (Å²) >= 11 is 4.21. The monoisotopic (exact) mass is 197 g/mol. The molecule has 0 saturated heterocycles. The third-order valence-electron chi connectivity index (χ3n) is 1.67. The maximum Gasteiger partial charge on any atom is 0.274 e. The first-order valence-corrected chi connectivity index (χ1v) is 4.23. The van der Waals surface area contributed by atoms with Gasteiger partial charge >= 0.3 is 0 Å². The highest BCUT2D eigenvalue weighted by Gasteiger charge is 2.05. The first-order valence-electron chi connectivity index (χ1n) is 3.78. The van der Waals surface area contributed by atoms with Gasteiger partial charge in [0.25, 0.3) is 5.91 Å². The van der Waals surface area contributed by atoms with Crippen molar-refractivity contribution in [3.8, 4) is 0 Å². The Morgan fingerprint density at radius 2 is 2.23 bits per heavy atom. The Labute approximate surface area is 82.5 Å². The summed E-state index contributed by atoms with van der Waals surface area (Å²) in [6.45, 7) is 1.93. The highest BCUT2D eigenvalue weighted by molar-refractivity contribution is 7.80. The van der Waals surface area contributed by atoms with Crippen molar-refractivity contribution in [1.82, 2.24) is 5.48 Å². The second-order valence-corrected chi connectivity index (χ2v) is 3.12. The van der Waals surface area contributed by atoms with Crippen molar-refractivity contribution in [3.63, 3.8) is 0 Å². The molecule has 0 radical (unpaired) electrons. The van der Waals surface area contributed by atoms with Crippen LogP contribution in [0.5, 0.6) is 0 Å². The zero-order valence-corrected chi connectivity index (χ0v) is 8.39. The summed E-state index contributed by atoms with van der Waals surface area (Å²) in [6, 6.07) is 5.27. The van der Waals surface area contributed by atoms with Gasteiger partial charge in [-0.15, -0.1) is 12.6 Å². The topological polar surface area (TPSA) is 38.3 Å². The summed E-state index contributed by atoms with van der Waals surface area (Å²) in [6.07, 6.45) is 0. The van der Waals surface area contributed by atoms with E-state index in [1.165, 1.54) is 7.11 Å². The van der Waals surface area contributed by atoms with Crippen LogP contribution < -0.4 is 5.48 Å². The molecule has 1 rings (SSSR count). The average Bonchev–Trinajstić information content (AvgIpc) is 2.10. The van der Waals surface area contributed by atoms with E-state index in [0.717, 1.165) is 10.5 Å². The van der Waals surface area contributed by atoms with E-state index < -0.39 is 0 Å². The van der Waals surface area contributed by atoms with Gasteiger partial charge in [0.05, 0.1) is 7.11 Å². The number of hydrogen-bond acceptors (Lipinski definition) is 3. The largest absolute Gasteiger partial charge is 0.277 e. The molecule has 0 fully saturated rings. The van der Waals surface area contributed by atoms with Gasteiger partial charge in [-0.05, 0) is 24.6 Å². The van der Waals surface area contributed by atoms with Crippen LogP contribution in [0.4, 0.5) is 0 Å². The first kappa shape index (κ1) is 10.1. The number of rotatable bonds is 2. The van der Waals surface area contributed by atoms with E-state index in [-0.39, 0.29) is 5.91 Å². The lowest BCUT2D eigenvalue weighted by Gasteiger charge is -2.03. The molecule has 0 bridgehead atoms. The van der Waals surface area contributed by atoms with Crippen LogP contribution >= 0.6 is 12.6 Å². The van der Waals surface area contributed by atoms with Gasteiger partial charge in [0, 0.05) is 10.5 Å². The van der Waals surface area contributed by atoms with E-state index in [0.29, 0.717) is 5.56 Å². The van der Waals surface area contributed by atoms with E-state index in [9.17, 15) is 4.79 Å².